The number of aromatic nitrogens is 4. The van der Waals surface area contributed by atoms with E-state index in [1.807, 2.05) is 43.6 Å². The average Bonchev–Trinajstić information content (AvgIpc) is 3.30. The number of morpholine rings is 1. The Hall–Kier alpha value is -3.51. The van der Waals surface area contributed by atoms with E-state index in [-0.39, 0.29) is 0 Å². The Kier molecular flexibility index (Phi) is 4.99. The summed E-state index contributed by atoms with van der Waals surface area (Å²) in [5.74, 6) is 0. The van der Waals surface area contributed by atoms with Crippen LogP contribution in [-0.4, -0.2) is 46.5 Å². The van der Waals surface area contributed by atoms with Gasteiger partial charge in [0.05, 0.1) is 36.5 Å². The monoisotopic (exact) mass is 397 g/mol. The molecule has 1 saturated heterocycles. The molecule has 1 fully saturated rings. The number of benzene rings is 1. The third kappa shape index (κ3) is 3.69. The summed E-state index contributed by atoms with van der Waals surface area (Å²) in [7, 11) is 0. The SMILES string of the molecule is Cc1cccc(-c2cn[nH]c2-c2ccnc(-c3ccc(N4CCOCC4)cc3)c2)n1. The number of nitrogens with one attached hydrogen (secondary N) is 1. The number of H-pyrrole nitrogens is 1. The van der Waals surface area contributed by atoms with Crippen molar-refractivity contribution in [2.45, 2.75) is 6.92 Å². The Balaban J connectivity index is 1.45. The first-order valence-electron chi connectivity index (χ1n) is 10.1. The van der Waals surface area contributed by atoms with Crippen molar-refractivity contribution in [1.29, 1.82) is 0 Å². The third-order valence-electron chi connectivity index (χ3n) is 5.39. The molecular formula is C24H23N5O. The van der Waals surface area contributed by atoms with Crippen molar-refractivity contribution in [3.8, 4) is 33.8 Å². The van der Waals surface area contributed by atoms with Crippen molar-refractivity contribution in [3.05, 3.63) is 72.7 Å². The van der Waals surface area contributed by atoms with Crippen molar-refractivity contribution >= 4 is 5.69 Å². The normalized spacial score (nSPS) is 14.1. The van der Waals surface area contributed by atoms with Gasteiger partial charge in [0, 0.05) is 47.4 Å². The molecule has 0 amide bonds. The van der Waals surface area contributed by atoms with Gasteiger partial charge in [0.1, 0.15) is 0 Å². The lowest BCUT2D eigenvalue weighted by molar-refractivity contribution is 0.122. The summed E-state index contributed by atoms with van der Waals surface area (Å²) >= 11 is 0. The molecule has 1 aromatic carbocycles. The van der Waals surface area contributed by atoms with E-state index in [4.69, 9.17) is 4.74 Å². The van der Waals surface area contributed by atoms with Gasteiger partial charge in [-0.1, -0.05) is 18.2 Å². The van der Waals surface area contributed by atoms with Gasteiger partial charge < -0.3 is 9.64 Å². The summed E-state index contributed by atoms with van der Waals surface area (Å²) in [4.78, 5) is 11.6. The Morgan fingerprint density at radius 1 is 0.933 bits per heavy atom. The molecular weight excluding hydrogens is 374 g/mol. The number of aryl methyl sites for hydroxylation is 1. The standard InChI is InChI=1S/C24H23N5O/c1-17-3-2-4-22(27-17)21-16-26-28-24(21)19-9-10-25-23(15-19)18-5-7-20(8-6-18)29-11-13-30-14-12-29/h2-10,15-16H,11-14H2,1H3,(H,26,28). The molecule has 0 atom stereocenters. The van der Waals surface area contributed by atoms with Crippen LogP contribution < -0.4 is 4.90 Å². The van der Waals surface area contributed by atoms with Crippen LogP contribution in [0.2, 0.25) is 0 Å². The first-order valence-corrected chi connectivity index (χ1v) is 10.1. The number of pyridine rings is 2. The highest BCUT2D eigenvalue weighted by molar-refractivity contribution is 5.80. The zero-order valence-electron chi connectivity index (χ0n) is 16.9. The van der Waals surface area contributed by atoms with Crippen LogP contribution in [0.1, 0.15) is 5.69 Å². The number of nitrogens with zero attached hydrogens (tertiary/aromatic N) is 4. The molecule has 0 spiro atoms. The molecule has 4 aromatic rings. The highest BCUT2D eigenvalue weighted by Crippen LogP contribution is 2.31. The first-order chi connectivity index (χ1) is 14.8. The molecule has 4 heterocycles. The summed E-state index contributed by atoms with van der Waals surface area (Å²) < 4.78 is 5.45. The quantitative estimate of drug-likeness (QED) is 0.555. The summed E-state index contributed by atoms with van der Waals surface area (Å²) in [5.41, 5.74) is 8.10. The topological polar surface area (TPSA) is 66.9 Å². The molecule has 1 N–H and O–H groups in total. The van der Waals surface area contributed by atoms with E-state index in [2.05, 4.69) is 55.4 Å². The van der Waals surface area contributed by atoms with Gasteiger partial charge in [0.25, 0.3) is 0 Å². The summed E-state index contributed by atoms with van der Waals surface area (Å²) in [6.07, 6.45) is 3.67. The molecule has 150 valence electrons. The first kappa shape index (κ1) is 18.5. The van der Waals surface area contributed by atoms with Crippen LogP contribution >= 0.6 is 0 Å². The second kappa shape index (κ2) is 8.08. The molecule has 0 saturated carbocycles. The lowest BCUT2D eigenvalue weighted by Crippen LogP contribution is -2.36. The van der Waals surface area contributed by atoms with Gasteiger partial charge in [-0.2, -0.15) is 5.10 Å². The Morgan fingerprint density at radius 3 is 2.57 bits per heavy atom. The van der Waals surface area contributed by atoms with E-state index in [1.165, 1.54) is 5.69 Å². The van der Waals surface area contributed by atoms with Gasteiger partial charge in [-0.05, 0) is 43.3 Å². The molecule has 0 bridgehead atoms. The van der Waals surface area contributed by atoms with Crippen molar-refractivity contribution in [2.75, 3.05) is 31.2 Å². The van der Waals surface area contributed by atoms with Crippen LogP contribution in [0.25, 0.3) is 33.8 Å². The Bertz CT molecular complexity index is 1150. The van der Waals surface area contributed by atoms with Crippen LogP contribution in [0.5, 0.6) is 0 Å². The van der Waals surface area contributed by atoms with Gasteiger partial charge in [-0.3, -0.25) is 15.1 Å². The fourth-order valence-corrected chi connectivity index (χ4v) is 3.80. The minimum absolute atomic E-state index is 0.785. The maximum absolute atomic E-state index is 5.45. The minimum atomic E-state index is 0.785. The van der Waals surface area contributed by atoms with Gasteiger partial charge >= 0.3 is 0 Å². The predicted octanol–water partition coefficient (Wildman–Crippen LogP) is 4.35. The Labute approximate surface area is 175 Å². The van der Waals surface area contributed by atoms with Crippen LogP contribution in [0.3, 0.4) is 0 Å². The van der Waals surface area contributed by atoms with E-state index >= 15 is 0 Å². The fourth-order valence-electron chi connectivity index (χ4n) is 3.80. The lowest BCUT2D eigenvalue weighted by atomic mass is 10.0. The average molecular weight is 397 g/mol. The van der Waals surface area contributed by atoms with Gasteiger partial charge in [0.15, 0.2) is 0 Å². The maximum Gasteiger partial charge on any atom is 0.0745 e. The van der Waals surface area contributed by atoms with Crippen molar-refractivity contribution < 1.29 is 4.74 Å². The molecule has 3 aromatic heterocycles. The minimum Gasteiger partial charge on any atom is -0.378 e. The predicted molar refractivity (Wildman–Crippen MR) is 118 cm³/mol. The Morgan fingerprint density at radius 2 is 1.77 bits per heavy atom. The smallest absolute Gasteiger partial charge is 0.0745 e. The summed E-state index contributed by atoms with van der Waals surface area (Å²) in [6.45, 7) is 5.43. The fraction of sp³-hybridized carbons (Fsp3) is 0.208. The number of hydrogen-bond acceptors (Lipinski definition) is 5. The van der Waals surface area contributed by atoms with Crippen LogP contribution in [0, 0.1) is 6.92 Å². The molecule has 0 aliphatic carbocycles. The van der Waals surface area contributed by atoms with E-state index in [0.717, 1.165) is 65.8 Å². The van der Waals surface area contributed by atoms with E-state index in [1.54, 1.807) is 0 Å². The van der Waals surface area contributed by atoms with Crippen molar-refractivity contribution in [1.82, 2.24) is 20.2 Å². The molecule has 6 nitrogen and oxygen atoms in total. The molecule has 5 rings (SSSR count). The molecule has 0 unspecified atom stereocenters. The molecule has 30 heavy (non-hydrogen) atoms. The van der Waals surface area contributed by atoms with E-state index < -0.39 is 0 Å². The molecule has 1 aliphatic rings. The number of ether oxygens (including phenoxy) is 1. The van der Waals surface area contributed by atoms with Gasteiger partial charge in [-0.25, -0.2) is 0 Å². The van der Waals surface area contributed by atoms with Gasteiger partial charge in [-0.15, -0.1) is 0 Å². The number of hydrogen-bond donors (Lipinski definition) is 1. The molecule has 6 heteroatoms. The highest BCUT2D eigenvalue weighted by atomic mass is 16.5. The van der Waals surface area contributed by atoms with E-state index in [0.29, 0.717) is 0 Å². The molecule has 0 radical (unpaired) electrons. The zero-order valence-corrected chi connectivity index (χ0v) is 16.9. The zero-order chi connectivity index (χ0) is 20.3. The van der Waals surface area contributed by atoms with Crippen molar-refractivity contribution in [3.63, 3.8) is 0 Å². The largest absolute Gasteiger partial charge is 0.378 e. The summed E-state index contributed by atoms with van der Waals surface area (Å²) in [6, 6.07) is 18.7. The number of aromatic amines is 1. The van der Waals surface area contributed by atoms with Gasteiger partial charge in [0.2, 0.25) is 0 Å². The van der Waals surface area contributed by atoms with E-state index in [9.17, 15) is 0 Å². The van der Waals surface area contributed by atoms with Crippen molar-refractivity contribution in [2.24, 2.45) is 0 Å². The highest BCUT2D eigenvalue weighted by Gasteiger charge is 2.14. The second-order valence-electron chi connectivity index (χ2n) is 7.40. The third-order valence-corrected chi connectivity index (χ3v) is 5.39. The van der Waals surface area contributed by atoms with Crippen LogP contribution in [0.4, 0.5) is 5.69 Å². The van der Waals surface area contributed by atoms with Crippen LogP contribution in [0.15, 0.2) is 67.0 Å². The maximum atomic E-state index is 5.45. The second-order valence-corrected chi connectivity index (χ2v) is 7.40. The lowest BCUT2D eigenvalue weighted by Gasteiger charge is -2.28. The molecule has 1 aliphatic heterocycles. The van der Waals surface area contributed by atoms with Crippen LogP contribution in [-0.2, 0) is 4.74 Å². The number of rotatable bonds is 4. The summed E-state index contributed by atoms with van der Waals surface area (Å²) in [5, 5.41) is 7.40. The number of anilines is 1.